The predicted octanol–water partition coefficient (Wildman–Crippen LogP) is 3.65. The van der Waals surface area contributed by atoms with E-state index in [-0.39, 0.29) is 0 Å². The van der Waals surface area contributed by atoms with E-state index in [1.165, 1.54) is 16.8 Å². The largest absolute Gasteiger partial charge is 0.386 e. The first-order chi connectivity index (χ1) is 12.0. The molecule has 1 aliphatic heterocycles. The van der Waals surface area contributed by atoms with Gasteiger partial charge in [-0.1, -0.05) is 49.4 Å². The molecule has 3 rings (SSSR count). The Hall–Kier alpha value is -1.84. The number of nitrogens with zero attached hydrogens (tertiary/aromatic N) is 2. The minimum atomic E-state index is -0.821. The maximum atomic E-state index is 10.5. The van der Waals surface area contributed by atoms with Gasteiger partial charge in [-0.3, -0.25) is 0 Å². The molecule has 3 heteroatoms. The molecule has 0 aromatic heterocycles. The molecule has 0 saturated carbocycles. The second kappa shape index (κ2) is 7.59. The van der Waals surface area contributed by atoms with Gasteiger partial charge in [0.25, 0.3) is 0 Å². The van der Waals surface area contributed by atoms with Gasteiger partial charge < -0.3 is 14.9 Å². The SMILES string of the molecule is CCN1CCN(c2ccccc2Cc2ccccc2C(C)(C)O)CC1. The van der Waals surface area contributed by atoms with Crippen molar-refractivity contribution >= 4 is 5.69 Å². The normalized spacial score (nSPS) is 16.2. The van der Waals surface area contributed by atoms with Crippen LogP contribution in [0.1, 0.15) is 37.5 Å². The predicted molar refractivity (Wildman–Crippen MR) is 105 cm³/mol. The molecule has 0 aliphatic carbocycles. The first-order valence-corrected chi connectivity index (χ1v) is 9.35. The number of benzene rings is 2. The fourth-order valence-electron chi connectivity index (χ4n) is 3.75. The van der Waals surface area contributed by atoms with Crippen LogP contribution in [-0.2, 0) is 12.0 Å². The number of hydrogen-bond acceptors (Lipinski definition) is 3. The van der Waals surface area contributed by atoms with Crippen molar-refractivity contribution < 1.29 is 5.11 Å². The summed E-state index contributed by atoms with van der Waals surface area (Å²) >= 11 is 0. The van der Waals surface area contributed by atoms with Crippen LogP contribution in [-0.4, -0.2) is 42.7 Å². The van der Waals surface area contributed by atoms with E-state index >= 15 is 0 Å². The first kappa shape index (κ1) is 18.0. The second-order valence-corrected chi connectivity index (χ2v) is 7.44. The number of anilines is 1. The summed E-state index contributed by atoms with van der Waals surface area (Å²) in [7, 11) is 0. The van der Waals surface area contributed by atoms with Gasteiger partial charge in [0.05, 0.1) is 5.60 Å². The minimum Gasteiger partial charge on any atom is -0.386 e. The third-order valence-corrected chi connectivity index (χ3v) is 5.21. The smallest absolute Gasteiger partial charge is 0.0843 e. The van der Waals surface area contributed by atoms with Crippen LogP contribution < -0.4 is 4.90 Å². The van der Waals surface area contributed by atoms with E-state index in [4.69, 9.17) is 0 Å². The van der Waals surface area contributed by atoms with Crippen LogP contribution in [0.25, 0.3) is 0 Å². The second-order valence-electron chi connectivity index (χ2n) is 7.44. The molecule has 134 valence electrons. The number of para-hydroxylation sites is 1. The fraction of sp³-hybridized carbons (Fsp3) is 0.455. The molecule has 2 aromatic rings. The molecule has 3 nitrogen and oxygen atoms in total. The van der Waals surface area contributed by atoms with E-state index < -0.39 is 5.60 Å². The molecule has 0 bridgehead atoms. The van der Waals surface area contributed by atoms with Gasteiger partial charge in [-0.25, -0.2) is 0 Å². The molecule has 1 aliphatic rings. The third kappa shape index (κ3) is 4.23. The molecule has 0 unspecified atom stereocenters. The van der Waals surface area contributed by atoms with Gasteiger partial charge in [0.1, 0.15) is 0 Å². The van der Waals surface area contributed by atoms with Crippen LogP contribution in [0.15, 0.2) is 48.5 Å². The quantitative estimate of drug-likeness (QED) is 0.901. The van der Waals surface area contributed by atoms with E-state index in [0.717, 1.165) is 44.7 Å². The van der Waals surface area contributed by atoms with E-state index in [1.807, 2.05) is 26.0 Å². The van der Waals surface area contributed by atoms with Crippen molar-refractivity contribution in [2.24, 2.45) is 0 Å². The summed E-state index contributed by atoms with van der Waals surface area (Å²) in [5, 5.41) is 10.5. The lowest BCUT2D eigenvalue weighted by Crippen LogP contribution is -2.46. The molecule has 0 spiro atoms. The van der Waals surface area contributed by atoms with Gasteiger partial charge >= 0.3 is 0 Å². The average Bonchev–Trinajstić information content (AvgIpc) is 2.62. The molecule has 1 heterocycles. The number of aliphatic hydroxyl groups is 1. The van der Waals surface area contributed by atoms with E-state index in [2.05, 4.69) is 53.1 Å². The van der Waals surface area contributed by atoms with Crippen molar-refractivity contribution in [2.75, 3.05) is 37.6 Å². The third-order valence-electron chi connectivity index (χ3n) is 5.21. The van der Waals surface area contributed by atoms with E-state index in [9.17, 15) is 5.11 Å². The first-order valence-electron chi connectivity index (χ1n) is 9.35. The average molecular weight is 338 g/mol. The van der Waals surface area contributed by atoms with Crippen molar-refractivity contribution in [3.8, 4) is 0 Å². The molecule has 0 atom stereocenters. The van der Waals surface area contributed by atoms with Crippen LogP contribution in [0.5, 0.6) is 0 Å². The Bertz CT molecular complexity index is 697. The summed E-state index contributed by atoms with van der Waals surface area (Å²) in [6.45, 7) is 11.5. The summed E-state index contributed by atoms with van der Waals surface area (Å²) in [6, 6.07) is 17.0. The molecule has 1 fully saturated rings. The molecule has 0 amide bonds. The van der Waals surface area contributed by atoms with Gasteiger partial charge in [-0.15, -0.1) is 0 Å². The Balaban J connectivity index is 1.86. The number of likely N-dealkylation sites (N-methyl/N-ethyl adjacent to an activating group) is 1. The minimum absolute atomic E-state index is 0.821. The van der Waals surface area contributed by atoms with Crippen LogP contribution in [0.4, 0.5) is 5.69 Å². The monoisotopic (exact) mass is 338 g/mol. The standard InChI is InChI=1S/C22H30N2O/c1-4-23-13-15-24(16-14-23)21-12-8-6-10-19(21)17-18-9-5-7-11-20(18)22(2,3)25/h5-12,25H,4,13-17H2,1-3H3. The van der Waals surface area contributed by atoms with Crippen molar-refractivity contribution in [3.63, 3.8) is 0 Å². The highest BCUT2D eigenvalue weighted by atomic mass is 16.3. The highest BCUT2D eigenvalue weighted by Crippen LogP contribution is 2.29. The summed E-state index contributed by atoms with van der Waals surface area (Å²) in [4.78, 5) is 5.01. The number of hydrogen-bond donors (Lipinski definition) is 1. The van der Waals surface area contributed by atoms with Crippen molar-refractivity contribution in [2.45, 2.75) is 32.8 Å². The van der Waals surface area contributed by atoms with Crippen molar-refractivity contribution in [1.82, 2.24) is 4.90 Å². The summed E-state index contributed by atoms with van der Waals surface area (Å²) in [5.41, 5.74) is 4.07. The Labute approximate surface area is 151 Å². The Morgan fingerprint density at radius 3 is 2.12 bits per heavy atom. The van der Waals surface area contributed by atoms with Crippen LogP contribution in [0.2, 0.25) is 0 Å². The zero-order chi connectivity index (χ0) is 17.9. The van der Waals surface area contributed by atoms with Crippen LogP contribution in [0, 0.1) is 0 Å². The lowest BCUT2D eigenvalue weighted by atomic mass is 9.89. The highest BCUT2D eigenvalue weighted by Gasteiger charge is 2.22. The lowest BCUT2D eigenvalue weighted by molar-refractivity contribution is 0.0777. The van der Waals surface area contributed by atoms with Gasteiger partial charge in [-0.2, -0.15) is 0 Å². The topological polar surface area (TPSA) is 26.7 Å². The van der Waals surface area contributed by atoms with Crippen LogP contribution >= 0.6 is 0 Å². The highest BCUT2D eigenvalue weighted by molar-refractivity contribution is 5.56. The molecular weight excluding hydrogens is 308 g/mol. The number of piperazine rings is 1. The van der Waals surface area contributed by atoms with E-state index in [0.29, 0.717) is 0 Å². The van der Waals surface area contributed by atoms with Crippen LogP contribution in [0.3, 0.4) is 0 Å². The zero-order valence-electron chi connectivity index (χ0n) is 15.7. The molecule has 0 radical (unpaired) electrons. The summed E-state index contributed by atoms with van der Waals surface area (Å²) in [5.74, 6) is 0. The van der Waals surface area contributed by atoms with Gasteiger partial charge in [0, 0.05) is 31.9 Å². The van der Waals surface area contributed by atoms with Gasteiger partial charge in [0.15, 0.2) is 0 Å². The molecule has 25 heavy (non-hydrogen) atoms. The Morgan fingerprint density at radius 2 is 1.48 bits per heavy atom. The zero-order valence-corrected chi connectivity index (χ0v) is 15.7. The van der Waals surface area contributed by atoms with Crippen molar-refractivity contribution in [1.29, 1.82) is 0 Å². The maximum Gasteiger partial charge on any atom is 0.0843 e. The molecular formula is C22H30N2O. The Morgan fingerprint density at radius 1 is 0.880 bits per heavy atom. The molecule has 2 aromatic carbocycles. The Kier molecular flexibility index (Phi) is 5.45. The van der Waals surface area contributed by atoms with E-state index in [1.54, 1.807) is 0 Å². The molecule has 1 saturated heterocycles. The van der Waals surface area contributed by atoms with Crippen molar-refractivity contribution in [3.05, 3.63) is 65.2 Å². The lowest BCUT2D eigenvalue weighted by Gasteiger charge is -2.36. The van der Waals surface area contributed by atoms with Gasteiger partial charge in [-0.05, 0) is 49.6 Å². The fourth-order valence-corrected chi connectivity index (χ4v) is 3.75. The van der Waals surface area contributed by atoms with Gasteiger partial charge in [0.2, 0.25) is 0 Å². The summed E-state index contributed by atoms with van der Waals surface area (Å²) in [6.07, 6.45) is 0.852. The maximum absolute atomic E-state index is 10.5. The number of rotatable bonds is 5. The summed E-state index contributed by atoms with van der Waals surface area (Å²) < 4.78 is 0. The molecule has 1 N–H and O–H groups in total.